The predicted octanol–water partition coefficient (Wildman–Crippen LogP) is 9.37. The molecular weight excluding hydrogens is 621 g/mol. The molecule has 0 radical (unpaired) electrons. The number of carbonyl (C=O) groups excluding carboxylic acids is 4. The Balaban J connectivity index is 3.92. The molecule has 0 fully saturated rings. The van der Waals surface area contributed by atoms with Crippen molar-refractivity contribution < 1.29 is 28.7 Å². The number of thioether (sulfide) groups is 2. The van der Waals surface area contributed by atoms with E-state index in [0.29, 0.717) is 12.8 Å². The Morgan fingerprint density at radius 1 is 0.543 bits per heavy atom. The molecule has 0 bridgehead atoms. The van der Waals surface area contributed by atoms with E-state index in [2.05, 4.69) is 10.6 Å². The van der Waals surface area contributed by atoms with Crippen LogP contribution in [-0.4, -0.2) is 70.1 Å². The lowest BCUT2D eigenvalue weighted by Crippen LogP contribution is -2.47. The smallest absolute Gasteiger partial charge is 0.408 e. The lowest BCUT2D eigenvalue weighted by atomic mass is 9.94. The molecule has 46 heavy (non-hydrogen) atoms. The Morgan fingerprint density at radius 3 is 1.13 bits per heavy atom. The fourth-order valence-electron chi connectivity index (χ4n) is 4.75. The molecule has 2 N–H and O–H groups in total. The normalized spacial score (nSPS) is 14.6. The number of unbranched alkanes of at least 4 members (excludes halogenated alkanes) is 7. The third-order valence-electron chi connectivity index (χ3n) is 7.78. The maximum atomic E-state index is 12.8. The molecule has 0 heterocycles. The van der Waals surface area contributed by atoms with Crippen LogP contribution in [0.2, 0.25) is 0 Å². The lowest BCUT2D eigenvalue weighted by molar-refractivity contribution is -0.122. The van der Waals surface area contributed by atoms with E-state index in [0.717, 1.165) is 35.9 Å². The van der Waals surface area contributed by atoms with Gasteiger partial charge in [0.2, 0.25) is 0 Å². The van der Waals surface area contributed by atoms with Crippen molar-refractivity contribution in [2.75, 3.05) is 23.0 Å². The first-order valence-corrected chi connectivity index (χ1v) is 20.0. The predicted molar refractivity (Wildman–Crippen MR) is 196 cm³/mol. The van der Waals surface area contributed by atoms with Crippen molar-refractivity contribution in [2.45, 2.75) is 170 Å². The fourth-order valence-corrected chi connectivity index (χ4v) is 6.67. The van der Waals surface area contributed by atoms with Gasteiger partial charge < -0.3 is 20.1 Å². The summed E-state index contributed by atoms with van der Waals surface area (Å²) < 4.78 is 10.7. The summed E-state index contributed by atoms with van der Waals surface area (Å²) in [6.07, 6.45) is 11.3. The molecule has 0 spiro atoms. The van der Waals surface area contributed by atoms with Gasteiger partial charge in [0.05, 0.1) is 12.1 Å². The fraction of sp³-hybridized carbons (Fsp3) is 0.889. The first-order valence-electron chi connectivity index (χ1n) is 17.7. The van der Waals surface area contributed by atoms with Crippen molar-refractivity contribution in [1.29, 1.82) is 0 Å². The summed E-state index contributed by atoms with van der Waals surface area (Å²) in [5.41, 5.74) is -1.18. The summed E-state index contributed by atoms with van der Waals surface area (Å²) >= 11 is 3.65. The monoisotopic (exact) mass is 688 g/mol. The van der Waals surface area contributed by atoms with Crippen LogP contribution in [0.15, 0.2) is 0 Å². The van der Waals surface area contributed by atoms with Crippen LogP contribution in [0, 0.1) is 11.8 Å². The average Bonchev–Trinajstić information content (AvgIpc) is 2.95. The van der Waals surface area contributed by atoms with Crippen LogP contribution >= 0.6 is 23.5 Å². The minimum atomic E-state index is -0.588. The third-order valence-corrected chi connectivity index (χ3v) is 9.92. The van der Waals surface area contributed by atoms with Crippen LogP contribution in [0.5, 0.6) is 0 Å². The number of ketones is 2. The van der Waals surface area contributed by atoms with Crippen LogP contribution in [0.1, 0.15) is 146 Å². The molecule has 270 valence electrons. The first-order chi connectivity index (χ1) is 21.5. The number of amides is 2. The minimum absolute atomic E-state index is 0.0724. The number of hydrogen-bond acceptors (Lipinski definition) is 8. The maximum absolute atomic E-state index is 12.8. The second-order valence-electron chi connectivity index (χ2n) is 14.5. The van der Waals surface area contributed by atoms with Gasteiger partial charge in [-0.15, -0.1) is 0 Å². The van der Waals surface area contributed by atoms with E-state index in [1.165, 1.54) is 51.4 Å². The van der Waals surface area contributed by atoms with Crippen molar-refractivity contribution in [3.63, 3.8) is 0 Å². The molecule has 0 aliphatic heterocycles. The molecule has 8 nitrogen and oxygen atoms in total. The Kier molecular flexibility index (Phi) is 23.9. The van der Waals surface area contributed by atoms with Crippen molar-refractivity contribution in [3.05, 3.63) is 0 Å². The maximum Gasteiger partial charge on any atom is 0.408 e. The Bertz CT molecular complexity index is 802. The van der Waals surface area contributed by atoms with Gasteiger partial charge in [0.1, 0.15) is 11.2 Å². The van der Waals surface area contributed by atoms with Crippen LogP contribution in [0.4, 0.5) is 9.59 Å². The van der Waals surface area contributed by atoms with Gasteiger partial charge in [-0.25, -0.2) is 9.59 Å². The van der Waals surface area contributed by atoms with E-state index in [1.807, 2.05) is 92.8 Å². The Labute approximate surface area is 290 Å². The molecule has 10 heteroatoms. The van der Waals surface area contributed by atoms with E-state index in [4.69, 9.17) is 9.47 Å². The summed E-state index contributed by atoms with van der Waals surface area (Å²) in [5.74, 6) is 4.02. The number of carbonyl (C=O) groups is 4. The van der Waals surface area contributed by atoms with Gasteiger partial charge in [0.15, 0.2) is 11.6 Å². The molecule has 0 aliphatic carbocycles. The minimum Gasteiger partial charge on any atom is -0.444 e. The molecule has 0 aliphatic rings. The van der Waals surface area contributed by atoms with Crippen molar-refractivity contribution >= 4 is 47.3 Å². The Morgan fingerprint density at radius 2 is 0.848 bits per heavy atom. The van der Waals surface area contributed by atoms with Crippen molar-refractivity contribution in [1.82, 2.24) is 10.6 Å². The SMILES string of the molecule is CC[C@H](C)[C@H](NC(=O)OC(C)(C)C)C(=O)CCSCCCCCCCCCCSCCC(=O)[C@@H](NC(=O)OC(C)(C)C)[C@@H](C)CC. The molecule has 0 aromatic heterocycles. The summed E-state index contributed by atoms with van der Waals surface area (Å²) in [5, 5.41) is 5.60. The highest BCUT2D eigenvalue weighted by Crippen LogP contribution is 2.18. The second kappa shape index (κ2) is 24.7. The van der Waals surface area contributed by atoms with E-state index < -0.39 is 35.5 Å². The zero-order chi connectivity index (χ0) is 35.2. The van der Waals surface area contributed by atoms with E-state index in [9.17, 15) is 19.2 Å². The van der Waals surface area contributed by atoms with Gasteiger partial charge in [0.25, 0.3) is 0 Å². The number of hydrogen-bond donors (Lipinski definition) is 2. The van der Waals surface area contributed by atoms with E-state index in [1.54, 1.807) is 0 Å². The highest BCUT2D eigenvalue weighted by Gasteiger charge is 2.29. The first kappa shape index (κ1) is 44.6. The molecular formula is C36H68N2O6S2. The van der Waals surface area contributed by atoms with Gasteiger partial charge >= 0.3 is 12.2 Å². The quantitative estimate of drug-likeness (QED) is 0.0913. The van der Waals surface area contributed by atoms with Gasteiger partial charge in [-0.2, -0.15) is 23.5 Å². The third kappa shape index (κ3) is 23.8. The zero-order valence-electron chi connectivity index (χ0n) is 30.9. The number of Topliss-reactive ketones (excluding diaryl/α,β-unsaturated/α-hetero) is 2. The van der Waals surface area contributed by atoms with Crippen LogP contribution in [0.25, 0.3) is 0 Å². The summed E-state index contributed by atoms with van der Waals surface area (Å²) in [6.45, 7) is 19.0. The van der Waals surface area contributed by atoms with Crippen LogP contribution in [0.3, 0.4) is 0 Å². The molecule has 0 saturated carbocycles. The molecule has 0 aromatic rings. The standard InChI is InChI=1S/C36H68N2O6S2/c1-11-27(3)31(37-33(41)43-35(5,6)7)29(39)21-25-45-23-19-17-15-13-14-16-18-20-24-46-26-22-30(40)32(28(4)12-2)38-34(42)44-36(8,9)10/h27-28,31-32H,11-26H2,1-10H3,(H,37,41)(H,38,42)/t27-,28-,31-,32-/m0/s1. The van der Waals surface area contributed by atoms with Crippen molar-refractivity contribution in [3.8, 4) is 0 Å². The highest BCUT2D eigenvalue weighted by atomic mass is 32.2. The second-order valence-corrected chi connectivity index (χ2v) is 17.0. The van der Waals surface area contributed by atoms with Gasteiger partial charge in [-0.1, -0.05) is 79.1 Å². The topological polar surface area (TPSA) is 111 Å². The molecule has 0 saturated heterocycles. The zero-order valence-corrected chi connectivity index (χ0v) is 32.5. The van der Waals surface area contributed by atoms with E-state index >= 15 is 0 Å². The Hall–Kier alpha value is -1.42. The molecule has 0 rings (SSSR count). The average molecular weight is 689 g/mol. The van der Waals surface area contributed by atoms with Crippen LogP contribution < -0.4 is 10.6 Å². The molecule has 0 aromatic carbocycles. The van der Waals surface area contributed by atoms with Gasteiger partial charge in [-0.3, -0.25) is 9.59 Å². The summed E-state index contributed by atoms with van der Waals surface area (Å²) in [7, 11) is 0. The molecule has 0 unspecified atom stereocenters. The number of nitrogens with one attached hydrogen (secondary N) is 2. The van der Waals surface area contributed by atoms with Crippen molar-refractivity contribution in [2.24, 2.45) is 11.8 Å². The number of ether oxygens (including phenoxy) is 2. The lowest BCUT2D eigenvalue weighted by Gasteiger charge is -2.26. The van der Waals surface area contributed by atoms with E-state index in [-0.39, 0.29) is 23.4 Å². The molecule has 4 atom stereocenters. The highest BCUT2D eigenvalue weighted by molar-refractivity contribution is 7.99. The molecule has 2 amide bonds. The number of rotatable bonds is 25. The van der Waals surface area contributed by atoms with Gasteiger partial charge in [-0.05, 0) is 77.7 Å². The number of alkyl carbamates (subject to hydrolysis) is 2. The van der Waals surface area contributed by atoms with Gasteiger partial charge in [0, 0.05) is 24.3 Å². The largest absolute Gasteiger partial charge is 0.444 e. The summed E-state index contributed by atoms with van der Waals surface area (Å²) in [6, 6.07) is -0.990. The van der Waals surface area contributed by atoms with Crippen LogP contribution in [-0.2, 0) is 19.1 Å². The summed E-state index contributed by atoms with van der Waals surface area (Å²) in [4.78, 5) is 50.0.